The lowest BCUT2D eigenvalue weighted by Gasteiger charge is -2.28. The molecule has 0 aliphatic rings. The molecule has 8 nitrogen and oxygen atoms in total. The SMILES string of the molecule is CC(C)(C)OC(=O)C(SSC[C@H](N)C(=O)O)[C@H](N)C(=O)OC(C)(C)C. The lowest BCUT2D eigenvalue weighted by atomic mass is 10.1. The van der Waals surface area contributed by atoms with E-state index in [4.69, 9.17) is 26.0 Å². The molecule has 0 heterocycles. The van der Waals surface area contributed by atoms with Crippen LogP contribution in [0.3, 0.4) is 0 Å². The third-order valence-electron chi connectivity index (χ3n) is 2.38. The predicted molar refractivity (Wildman–Crippen MR) is 99.1 cm³/mol. The van der Waals surface area contributed by atoms with E-state index in [1.807, 2.05) is 0 Å². The molecule has 25 heavy (non-hydrogen) atoms. The van der Waals surface area contributed by atoms with E-state index in [2.05, 4.69) is 0 Å². The minimum atomic E-state index is -1.26. The van der Waals surface area contributed by atoms with Gasteiger partial charge in [0.2, 0.25) is 0 Å². The number of nitrogens with two attached hydrogens (primary N) is 2. The zero-order valence-corrected chi connectivity index (χ0v) is 17.0. The second-order valence-corrected chi connectivity index (χ2v) is 9.89. The summed E-state index contributed by atoms with van der Waals surface area (Å²) < 4.78 is 10.5. The van der Waals surface area contributed by atoms with Crippen molar-refractivity contribution < 1.29 is 29.0 Å². The zero-order valence-electron chi connectivity index (χ0n) is 15.4. The van der Waals surface area contributed by atoms with Gasteiger partial charge in [-0.2, -0.15) is 0 Å². The molecule has 0 aromatic heterocycles. The van der Waals surface area contributed by atoms with Crippen LogP contribution in [-0.2, 0) is 23.9 Å². The molecule has 10 heteroatoms. The summed E-state index contributed by atoms with van der Waals surface area (Å²) in [6, 6.07) is -2.35. The van der Waals surface area contributed by atoms with Crippen LogP contribution in [0.1, 0.15) is 41.5 Å². The Kier molecular flexibility index (Phi) is 9.28. The van der Waals surface area contributed by atoms with Gasteiger partial charge >= 0.3 is 17.9 Å². The van der Waals surface area contributed by atoms with Crippen LogP contribution in [0.2, 0.25) is 0 Å². The Morgan fingerprint density at radius 2 is 1.40 bits per heavy atom. The first-order valence-electron chi connectivity index (χ1n) is 7.62. The Morgan fingerprint density at radius 3 is 1.80 bits per heavy atom. The summed E-state index contributed by atoms with van der Waals surface area (Å²) in [6.45, 7) is 10.1. The summed E-state index contributed by atoms with van der Waals surface area (Å²) in [7, 11) is 1.99. The van der Waals surface area contributed by atoms with Crippen LogP contribution in [0.4, 0.5) is 0 Å². The fourth-order valence-electron chi connectivity index (χ4n) is 1.36. The van der Waals surface area contributed by atoms with Gasteiger partial charge in [0, 0.05) is 5.75 Å². The minimum Gasteiger partial charge on any atom is -0.480 e. The van der Waals surface area contributed by atoms with Crippen molar-refractivity contribution in [2.24, 2.45) is 11.5 Å². The fourth-order valence-corrected chi connectivity index (χ4v) is 3.94. The van der Waals surface area contributed by atoms with Gasteiger partial charge in [-0.25, -0.2) is 0 Å². The lowest BCUT2D eigenvalue weighted by molar-refractivity contribution is -0.163. The number of carbonyl (C=O) groups excluding carboxylic acids is 2. The molecule has 0 bridgehead atoms. The second-order valence-electron chi connectivity index (χ2n) is 7.34. The zero-order chi connectivity index (χ0) is 20.0. The third-order valence-corrected chi connectivity index (χ3v) is 5.14. The van der Waals surface area contributed by atoms with Crippen molar-refractivity contribution in [1.29, 1.82) is 0 Å². The molecule has 0 radical (unpaired) electrons. The summed E-state index contributed by atoms with van der Waals surface area (Å²) >= 11 is 0. The molecule has 5 N–H and O–H groups in total. The molecule has 0 aliphatic heterocycles. The maximum absolute atomic E-state index is 12.4. The molecule has 0 spiro atoms. The van der Waals surface area contributed by atoms with Gasteiger partial charge < -0.3 is 26.0 Å². The first-order valence-corrected chi connectivity index (χ1v) is 10.00. The Bertz CT molecular complexity index is 487. The monoisotopic (exact) mass is 396 g/mol. The van der Waals surface area contributed by atoms with E-state index in [1.54, 1.807) is 41.5 Å². The Labute approximate surface area is 156 Å². The molecule has 146 valence electrons. The van der Waals surface area contributed by atoms with Gasteiger partial charge in [0.05, 0.1) is 0 Å². The van der Waals surface area contributed by atoms with E-state index < -0.39 is 46.4 Å². The van der Waals surface area contributed by atoms with Crippen LogP contribution in [-0.4, -0.2) is 57.3 Å². The maximum atomic E-state index is 12.4. The molecule has 1 unspecified atom stereocenters. The molecule has 3 atom stereocenters. The highest BCUT2D eigenvalue weighted by molar-refractivity contribution is 8.77. The highest BCUT2D eigenvalue weighted by Gasteiger charge is 2.37. The fraction of sp³-hybridized carbons (Fsp3) is 0.800. The normalized spacial score (nSPS) is 15.8. The van der Waals surface area contributed by atoms with Crippen molar-refractivity contribution in [3.8, 4) is 0 Å². The van der Waals surface area contributed by atoms with E-state index >= 15 is 0 Å². The number of carboxylic acid groups (broad SMARTS) is 1. The molecule has 0 aromatic rings. The number of hydrogen-bond acceptors (Lipinski definition) is 9. The standard InChI is InChI=1S/C15H28N2O6S2/c1-14(2,3)22-12(20)9(17)10(13(21)23-15(4,5)6)25-24-7-8(16)11(18)19/h8-10H,7,16-17H2,1-6H3,(H,18,19)/t8-,9-,10?/m0/s1. The van der Waals surface area contributed by atoms with Gasteiger partial charge in [0.25, 0.3) is 0 Å². The average Bonchev–Trinajstić information content (AvgIpc) is 2.38. The van der Waals surface area contributed by atoms with Crippen LogP contribution < -0.4 is 11.5 Å². The second kappa shape index (κ2) is 9.65. The summed E-state index contributed by atoms with van der Waals surface area (Å²) in [5, 5.41) is 7.74. The van der Waals surface area contributed by atoms with Crippen molar-refractivity contribution in [3.63, 3.8) is 0 Å². The van der Waals surface area contributed by atoms with Crippen molar-refractivity contribution in [2.75, 3.05) is 5.75 Å². The van der Waals surface area contributed by atoms with Gasteiger partial charge in [0.1, 0.15) is 28.5 Å². The highest BCUT2D eigenvalue weighted by Crippen LogP contribution is 2.31. The smallest absolute Gasteiger partial charge is 0.325 e. The summed E-state index contributed by atoms with van der Waals surface area (Å²) in [5.74, 6) is -2.52. The molecule has 0 saturated carbocycles. The van der Waals surface area contributed by atoms with E-state index in [0.717, 1.165) is 21.6 Å². The van der Waals surface area contributed by atoms with Crippen LogP contribution in [0.25, 0.3) is 0 Å². The number of rotatable bonds is 8. The summed E-state index contributed by atoms with van der Waals surface area (Å²) in [4.78, 5) is 35.3. The van der Waals surface area contributed by atoms with E-state index in [-0.39, 0.29) is 5.75 Å². The molecule has 0 saturated heterocycles. The largest absolute Gasteiger partial charge is 0.480 e. The summed E-state index contributed by atoms with van der Waals surface area (Å²) in [6.07, 6.45) is 0. The number of aliphatic carboxylic acids is 1. The third kappa shape index (κ3) is 10.6. The van der Waals surface area contributed by atoms with Crippen LogP contribution >= 0.6 is 21.6 Å². The maximum Gasteiger partial charge on any atom is 0.325 e. The van der Waals surface area contributed by atoms with Gasteiger partial charge in [0.15, 0.2) is 0 Å². The van der Waals surface area contributed by atoms with E-state index in [9.17, 15) is 14.4 Å². The average molecular weight is 397 g/mol. The van der Waals surface area contributed by atoms with Crippen molar-refractivity contribution in [2.45, 2.75) is 70.1 Å². The molecular weight excluding hydrogens is 368 g/mol. The van der Waals surface area contributed by atoms with E-state index in [0.29, 0.717) is 0 Å². The van der Waals surface area contributed by atoms with Crippen LogP contribution in [0, 0.1) is 0 Å². The summed E-state index contributed by atoms with van der Waals surface area (Å²) in [5.41, 5.74) is 9.82. The number of carbonyl (C=O) groups is 3. The van der Waals surface area contributed by atoms with Gasteiger partial charge in [-0.15, -0.1) is 0 Å². The van der Waals surface area contributed by atoms with Crippen molar-refractivity contribution >= 4 is 39.5 Å². The predicted octanol–water partition coefficient (Wildman–Crippen LogP) is 1.16. The topological polar surface area (TPSA) is 142 Å². The Balaban J connectivity index is 5.08. The number of hydrogen-bond donors (Lipinski definition) is 3. The quantitative estimate of drug-likeness (QED) is 0.404. The molecule has 0 amide bonds. The molecule has 0 aliphatic carbocycles. The first-order chi connectivity index (χ1) is 11.1. The lowest BCUT2D eigenvalue weighted by Crippen LogP contribution is -2.49. The molecule has 0 fully saturated rings. The highest BCUT2D eigenvalue weighted by atomic mass is 33.1. The van der Waals surface area contributed by atoms with Gasteiger partial charge in [-0.3, -0.25) is 14.4 Å². The molecule has 0 aromatic carbocycles. The number of carboxylic acids is 1. The van der Waals surface area contributed by atoms with E-state index in [1.165, 1.54) is 0 Å². The Hall–Kier alpha value is -0.970. The Morgan fingerprint density at radius 1 is 0.960 bits per heavy atom. The molecular formula is C15H28N2O6S2. The van der Waals surface area contributed by atoms with Crippen LogP contribution in [0.15, 0.2) is 0 Å². The van der Waals surface area contributed by atoms with Crippen molar-refractivity contribution in [3.05, 3.63) is 0 Å². The molecule has 0 rings (SSSR count). The van der Waals surface area contributed by atoms with Gasteiger partial charge in [-0.1, -0.05) is 21.6 Å². The van der Waals surface area contributed by atoms with Crippen molar-refractivity contribution in [1.82, 2.24) is 0 Å². The van der Waals surface area contributed by atoms with Gasteiger partial charge in [-0.05, 0) is 41.5 Å². The number of esters is 2. The number of ether oxygens (including phenoxy) is 2. The van der Waals surface area contributed by atoms with Crippen LogP contribution in [0.5, 0.6) is 0 Å². The first kappa shape index (κ1) is 24.0. The minimum absolute atomic E-state index is 0.0420.